The highest BCUT2D eigenvalue weighted by molar-refractivity contribution is 5.90. The number of fused-ring (bicyclic) bond motifs is 2. The second-order valence-corrected chi connectivity index (χ2v) is 12.1. The van der Waals surface area contributed by atoms with E-state index in [2.05, 4.69) is 157 Å². The molecule has 0 fully saturated rings. The minimum absolute atomic E-state index is 0.233. The van der Waals surface area contributed by atoms with Gasteiger partial charge in [0.2, 0.25) is 0 Å². The summed E-state index contributed by atoms with van der Waals surface area (Å²) in [6.45, 7) is 2.35. The monoisotopic (exact) mass is 593 g/mol. The molecule has 0 spiro atoms. The first-order chi connectivity index (χ1) is 22.6. The van der Waals surface area contributed by atoms with Gasteiger partial charge in [-0.25, -0.2) is 4.39 Å². The van der Waals surface area contributed by atoms with Crippen LogP contribution in [0.2, 0.25) is 0 Å². The predicted molar refractivity (Wildman–Crippen MR) is 189 cm³/mol. The van der Waals surface area contributed by atoms with E-state index in [4.69, 9.17) is 0 Å². The average Bonchev–Trinajstić information content (AvgIpc) is 3.13. The summed E-state index contributed by atoms with van der Waals surface area (Å²) in [5.41, 5.74) is 13.4. The highest BCUT2D eigenvalue weighted by Crippen LogP contribution is 2.56. The Kier molecular flexibility index (Phi) is 6.84. The largest absolute Gasteiger partial charge is 0.310 e. The minimum Gasteiger partial charge on any atom is -0.310 e. The number of benzene rings is 7. The molecule has 1 aliphatic heterocycles. The van der Waals surface area contributed by atoms with Gasteiger partial charge in [0.1, 0.15) is 5.82 Å². The van der Waals surface area contributed by atoms with Gasteiger partial charge >= 0.3 is 0 Å². The van der Waals surface area contributed by atoms with Crippen molar-refractivity contribution in [3.63, 3.8) is 0 Å². The van der Waals surface area contributed by atoms with Crippen LogP contribution in [0.1, 0.15) is 23.6 Å². The van der Waals surface area contributed by atoms with Crippen LogP contribution in [0.15, 0.2) is 176 Å². The van der Waals surface area contributed by atoms with E-state index < -0.39 is 5.41 Å². The quantitative estimate of drug-likeness (QED) is 0.192. The third-order valence-corrected chi connectivity index (χ3v) is 9.42. The van der Waals surface area contributed by atoms with Crippen molar-refractivity contribution in [1.82, 2.24) is 0 Å². The lowest BCUT2D eigenvalue weighted by molar-refractivity contribution is 0.628. The zero-order chi connectivity index (χ0) is 31.1. The molecule has 0 amide bonds. The van der Waals surface area contributed by atoms with Crippen LogP contribution in [-0.2, 0) is 5.41 Å². The smallest absolute Gasteiger partial charge is 0.123 e. The molecule has 1 aliphatic rings. The Balaban J connectivity index is 1.39. The third-order valence-electron chi connectivity index (χ3n) is 9.42. The molecular formula is C44H32FN. The van der Waals surface area contributed by atoms with Crippen molar-refractivity contribution in [3.8, 4) is 33.4 Å². The van der Waals surface area contributed by atoms with Crippen molar-refractivity contribution in [2.45, 2.75) is 12.3 Å². The Morgan fingerprint density at radius 2 is 0.804 bits per heavy atom. The summed E-state index contributed by atoms with van der Waals surface area (Å²) < 4.78 is 13.9. The standard InChI is InChI=1S/C44H32FN/c1-44(37-15-9-4-10-16-37)40-29-35(32-13-7-3-8-14-32)21-27-42(40)46(39-25-19-33(20-26-39)31-11-5-2-6-12-31)43-28-22-36(30-41(43)44)34-17-23-38(45)24-18-34/h2-30H,1H3. The van der Waals surface area contributed by atoms with Crippen molar-refractivity contribution >= 4 is 17.1 Å². The van der Waals surface area contributed by atoms with Crippen LogP contribution in [0.4, 0.5) is 21.5 Å². The molecule has 7 aromatic carbocycles. The van der Waals surface area contributed by atoms with Crippen molar-refractivity contribution < 1.29 is 4.39 Å². The maximum Gasteiger partial charge on any atom is 0.123 e. The fourth-order valence-electron chi connectivity index (χ4n) is 6.96. The summed E-state index contributed by atoms with van der Waals surface area (Å²) >= 11 is 0. The van der Waals surface area contributed by atoms with E-state index in [0.717, 1.165) is 28.2 Å². The van der Waals surface area contributed by atoms with Gasteiger partial charge in [0, 0.05) is 11.1 Å². The molecule has 0 saturated carbocycles. The summed E-state index contributed by atoms with van der Waals surface area (Å²) in [6.07, 6.45) is 0. The molecule has 1 nitrogen and oxygen atoms in total. The second kappa shape index (κ2) is 11.3. The van der Waals surface area contributed by atoms with Crippen LogP contribution >= 0.6 is 0 Å². The lowest BCUT2D eigenvalue weighted by Gasteiger charge is -2.44. The highest BCUT2D eigenvalue weighted by atomic mass is 19.1. The van der Waals surface area contributed by atoms with Crippen LogP contribution in [-0.4, -0.2) is 0 Å². The summed E-state index contributed by atoms with van der Waals surface area (Å²) in [5, 5.41) is 0. The van der Waals surface area contributed by atoms with Gasteiger partial charge in [-0.05, 0) is 106 Å². The van der Waals surface area contributed by atoms with Gasteiger partial charge in [0.15, 0.2) is 0 Å². The molecule has 1 heterocycles. The zero-order valence-electron chi connectivity index (χ0n) is 25.6. The number of hydrogen-bond acceptors (Lipinski definition) is 1. The molecule has 220 valence electrons. The Labute approximate surface area is 269 Å². The third kappa shape index (κ3) is 4.71. The normalized spacial score (nSPS) is 15.2. The molecule has 46 heavy (non-hydrogen) atoms. The second-order valence-electron chi connectivity index (χ2n) is 12.1. The molecule has 0 saturated heterocycles. The highest BCUT2D eigenvalue weighted by Gasteiger charge is 2.42. The number of halogens is 1. The molecule has 0 radical (unpaired) electrons. The van der Waals surface area contributed by atoms with Crippen LogP contribution in [0.3, 0.4) is 0 Å². The van der Waals surface area contributed by atoms with Crippen LogP contribution < -0.4 is 4.90 Å². The van der Waals surface area contributed by atoms with E-state index in [0.29, 0.717) is 0 Å². The fraction of sp³-hybridized carbons (Fsp3) is 0.0455. The van der Waals surface area contributed by atoms with Crippen molar-refractivity contribution in [2.75, 3.05) is 4.90 Å². The minimum atomic E-state index is -0.465. The molecule has 0 N–H and O–H groups in total. The van der Waals surface area contributed by atoms with E-state index in [1.54, 1.807) is 0 Å². The van der Waals surface area contributed by atoms with E-state index >= 15 is 0 Å². The molecule has 8 rings (SSSR count). The first-order valence-corrected chi connectivity index (χ1v) is 15.7. The van der Waals surface area contributed by atoms with Gasteiger partial charge in [-0.3, -0.25) is 0 Å². The van der Waals surface area contributed by atoms with Gasteiger partial charge in [-0.2, -0.15) is 0 Å². The van der Waals surface area contributed by atoms with Crippen LogP contribution in [0, 0.1) is 5.82 Å². The summed E-state index contributed by atoms with van der Waals surface area (Å²) in [6, 6.07) is 61.1. The van der Waals surface area contributed by atoms with Crippen molar-refractivity contribution in [1.29, 1.82) is 0 Å². The van der Waals surface area contributed by atoms with Crippen molar-refractivity contribution in [3.05, 3.63) is 198 Å². The number of rotatable bonds is 5. The maximum atomic E-state index is 13.9. The summed E-state index contributed by atoms with van der Waals surface area (Å²) in [7, 11) is 0. The van der Waals surface area contributed by atoms with Gasteiger partial charge < -0.3 is 4.90 Å². The Hall–Kier alpha value is -5.73. The number of hydrogen-bond donors (Lipinski definition) is 0. The molecule has 1 unspecified atom stereocenters. The molecule has 7 aromatic rings. The maximum absolute atomic E-state index is 13.9. The molecule has 1 atom stereocenters. The Morgan fingerprint density at radius 3 is 1.33 bits per heavy atom. The van der Waals surface area contributed by atoms with E-state index in [1.165, 1.54) is 51.1 Å². The molecule has 0 bridgehead atoms. The Bertz CT molecular complexity index is 2140. The van der Waals surface area contributed by atoms with Gasteiger partial charge in [-0.15, -0.1) is 0 Å². The lowest BCUT2D eigenvalue weighted by atomic mass is 9.66. The average molecular weight is 594 g/mol. The first kappa shape index (κ1) is 27.8. The van der Waals surface area contributed by atoms with Gasteiger partial charge in [0.05, 0.1) is 11.4 Å². The van der Waals surface area contributed by atoms with Gasteiger partial charge in [0.25, 0.3) is 0 Å². The lowest BCUT2D eigenvalue weighted by Crippen LogP contribution is -2.34. The summed E-state index contributed by atoms with van der Waals surface area (Å²) in [5.74, 6) is -0.233. The SMILES string of the molecule is CC1(c2ccccc2)c2cc(-c3ccccc3)ccc2N(c2ccc(-c3ccccc3)cc2)c2ccc(-c3ccc(F)cc3)cc21. The topological polar surface area (TPSA) is 3.24 Å². The molecule has 2 heteroatoms. The number of anilines is 3. The number of nitrogens with zero attached hydrogens (tertiary/aromatic N) is 1. The molecular weight excluding hydrogens is 561 g/mol. The van der Waals surface area contributed by atoms with Crippen molar-refractivity contribution in [2.24, 2.45) is 0 Å². The van der Waals surface area contributed by atoms with Crippen LogP contribution in [0.5, 0.6) is 0 Å². The fourth-order valence-corrected chi connectivity index (χ4v) is 6.96. The van der Waals surface area contributed by atoms with E-state index in [9.17, 15) is 4.39 Å². The molecule has 0 aromatic heterocycles. The van der Waals surface area contributed by atoms with Gasteiger partial charge in [-0.1, -0.05) is 127 Å². The Morgan fingerprint density at radius 1 is 0.413 bits per heavy atom. The first-order valence-electron chi connectivity index (χ1n) is 15.7. The summed E-state index contributed by atoms with van der Waals surface area (Å²) in [4.78, 5) is 2.40. The van der Waals surface area contributed by atoms with E-state index in [1.807, 2.05) is 18.2 Å². The predicted octanol–water partition coefficient (Wildman–Crippen LogP) is 12.0. The zero-order valence-corrected chi connectivity index (χ0v) is 25.6. The van der Waals surface area contributed by atoms with E-state index in [-0.39, 0.29) is 5.82 Å². The molecule has 0 aliphatic carbocycles. The van der Waals surface area contributed by atoms with Crippen LogP contribution in [0.25, 0.3) is 33.4 Å².